The third kappa shape index (κ3) is 2.24. The summed E-state index contributed by atoms with van der Waals surface area (Å²) in [6, 6.07) is 13.9. The number of ether oxygens (including phenoxy) is 1. The fourth-order valence-electron chi connectivity index (χ4n) is 2.95. The molecule has 20 heavy (non-hydrogen) atoms. The highest BCUT2D eigenvalue weighted by Crippen LogP contribution is 2.39. The maximum atomic E-state index is 13.9. The van der Waals surface area contributed by atoms with Crippen LogP contribution >= 0.6 is 0 Å². The molecular weight excluding hydrogens is 253 g/mol. The van der Waals surface area contributed by atoms with E-state index < -0.39 is 0 Å². The van der Waals surface area contributed by atoms with Gasteiger partial charge in [0.25, 0.3) is 0 Å². The van der Waals surface area contributed by atoms with Gasteiger partial charge in [-0.25, -0.2) is 4.39 Å². The molecule has 0 fully saturated rings. The van der Waals surface area contributed by atoms with E-state index in [0.717, 1.165) is 17.7 Å². The van der Waals surface area contributed by atoms with Crippen molar-refractivity contribution in [3.63, 3.8) is 0 Å². The minimum absolute atomic E-state index is 0.225. The van der Waals surface area contributed by atoms with Crippen molar-refractivity contribution in [2.24, 2.45) is 0 Å². The van der Waals surface area contributed by atoms with Gasteiger partial charge in [0.15, 0.2) is 11.6 Å². The van der Waals surface area contributed by atoms with Crippen LogP contribution in [0.15, 0.2) is 42.5 Å². The van der Waals surface area contributed by atoms with Crippen LogP contribution in [0.2, 0.25) is 0 Å². The van der Waals surface area contributed by atoms with Crippen molar-refractivity contribution in [1.82, 2.24) is 0 Å². The first kappa shape index (κ1) is 13.0. The Kier molecular flexibility index (Phi) is 3.35. The number of para-hydroxylation sites is 1. The zero-order chi connectivity index (χ0) is 14.1. The van der Waals surface area contributed by atoms with Gasteiger partial charge in [-0.3, -0.25) is 0 Å². The SMILES string of the molecule is COc1ccc(C2CC(C)Nc3ccccc32)cc1F. The molecule has 1 N–H and O–H groups in total. The summed E-state index contributed by atoms with van der Waals surface area (Å²) >= 11 is 0. The lowest BCUT2D eigenvalue weighted by molar-refractivity contribution is 0.386. The average molecular weight is 271 g/mol. The fourth-order valence-corrected chi connectivity index (χ4v) is 2.95. The van der Waals surface area contributed by atoms with Gasteiger partial charge in [-0.2, -0.15) is 0 Å². The van der Waals surface area contributed by atoms with Crippen LogP contribution in [-0.2, 0) is 0 Å². The minimum atomic E-state index is -0.298. The van der Waals surface area contributed by atoms with Gasteiger partial charge >= 0.3 is 0 Å². The van der Waals surface area contributed by atoms with Crippen molar-refractivity contribution >= 4 is 5.69 Å². The van der Waals surface area contributed by atoms with E-state index in [1.165, 1.54) is 12.7 Å². The number of halogens is 1. The molecule has 2 atom stereocenters. The van der Waals surface area contributed by atoms with Gasteiger partial charge in [0.05, 0.1) is 7.11 Å². The van der Waals surface area contributed by atoms with E-state index in [1.807, 2.05) is 18.2 Å². The molecule has 0 spiro atoms. The van der Waals surface area contributed by atoms with Crippen LogP contribution in [0.4, 0.5) is 10.1 Å². The van der Waals surface area contributed by atoms with E-state index in [-0.39, 0.29) is 11.7 Å². The van der Waals surface area contributed by atoms with Crippen LogP contribution in [0, 0.1) is 5.82 Å². The zero-order valence-electron chi connectivity index (χ0n) is 11.7. The van der Waals surface area contributed by atoms with Gasteiger partial charge in [-0.05, 0) is 42.7 Å². The Balaban J connectivity index is 2.04. The summed E-state index contributed by atoms with van der Waals surface area (Å²) in [5, 5.41) is 3.48. The summed E-state index contributed by atoms with van der Waals surface area (Å²) in [4.78, 5) is 0. The van der Waals surface area contributed by atoms with Crippen LogP contribution in [0.3, 0.4) is 0 Å². The minimum Gasteiger partial charge on any atom is -0.494 e. The Labute approximate surface area is 118 Å². The van der Waals surface area contributed by atoms with E-state index in [9.17, 15) is 4.39 Å². The molecule has 1 heterocycles. The van der Waals surface area contributed by atoms with Crippen LogP contribution in [0.25, 0.3) is 0 Å². The molecule has 0 saturated heterocycles. The van der Waals surface area contributed by atoms with Crippen molar-refractivity contribution in [1.29, 1.82) is 0 Å². The molecule has 104 valence electrons. The van der Waals surface area contributed by atoms with Crippen LogP contribution in [0.5, 0.6) is 5.75 Å². The van der Waals surface area contributed by atoms with Crippen molar-refractivity contribution < 1.29 is 9.13 Å². The topological polar surface area (TPSA) is 21.3 Å². The number of benzene rings is 2. The summed E-state index contributed by atoms with van der Waals surface area (Å²) in [6.07, 6.45) is 0.961. The van der Waals surface area contributed by atoms with Gasteiger partial charge < -0.3 is 10.1 Å². The van der Waals surface area contributed by atoms with Crippen LogP contribution < -0.4 is 10.1 Å². The normalized spacial score (nSPS) is 20.9. The summed E-state index contributed by atoms with van der Waals surface area (Å²) in [5.74, 6) is 0.223. The van der Waals surface area contributed by atoms with E-state index in [4.69, 9.17) is 4.74 Å². The summed E-state index contributed by atoms with van der Waals surface area (Å²) in [6.45, 7) is 2.16. The first-order valence-electron chi connectivity index (χ1n) is 6.88. The molecule has 0 bridgehead atoms. The van der Waals surface area contributed by atoms with Crippen molar-refractivity contribution in [2.45, 2.75) is 25.3 Å². The molecule has 2 unspecified atom stereocenters. The monoisotopic (exact) mass is 271 g/mol. The molecule has 2 nitrogen and oxygen atoms in total. The largest absolute Gasteiger partial charge is 0.494 e. The molecular formula is C17H18FNO. The molecule has 0 amide bonds. The maximum absolute atomic E-state index is 13.9. The molecule has 1 aliphatic rings. The maximum Gasteiger partial charge on any atom is 0.165 e. The molecule has 3 heteroatoms. The van der Waals surface area contributed by atoms with Gasteiger partial charge in [0, 0.05) is 17.6 Å². The number of rotatable bonds is 2. The van der Waals surface area contributed by atoms with E-state index >= 15 is 0 Å². The predicted octanol–water partition coefficient (Wildman–Crippen LogP) is 4.17. The quantitative estimate of drug-likeness (QED) is 0.885. The van der Waals surface area contributed by atoms with Gasteiger partial charge in [0.1, 0.15) is 0 Å². The fraction of sp³-hybridized carbons (Fsp3) is 0.294. The molecule has 2 aromatic carbocycles. The number of anilines is 1. The number of hydrogen-bond acceptors (Lipinski definition) is 2. The van der Waals surface area contributed by atoms with Crippen LogP contribution in [0.1, 0.15) is 30.4 Å². The highest BCUT2D eigenvalue weighted by Gasteiger charge is 2.25. The molecule has 0 aliphatic carbocycles. The number of fused-ring (bicyclic) bond motifs is 1. The van der Waals surface area contributed by atoms with Crippen molar-refractivity contribution in [2.75, 3.05) is 12.4 Å². The number of nitrogens with one attached hydrogen (secondary N) is 1. The first-order chi connectivity index (χ1) is 9.69. The number of methoxy groups -OCH3 is 1. The van der Waals surface area contributed by atoms with Crippen LogP contribution in [-0.4, -0.2) is 13.2 Å². The van der Waals surface area contributed by atoms with E-state index in [0.29, 0.717) is 11.8 Å². The van der Waals surface area contributed by atoms with Gasteiger partial charge in [-0.15, -0.1) is 0 Å². The highest BCUT2D eigenvalue weighted by atomic mass is 19.1. The zero-order valence-corrected chi connectivity index (χ0v) is 11.7. The molecule has 3 rings (SSSR count). The van der Waals surface area contributed by atoms with Crippen molar-refractivity contribution in [3.8, 4) is 5.75 Å². The Morgan fingerprint density at radius 3 is 2.75 bits per heavy atom. The Morgan fingerprint density at radius 1 is 1.20 bits per heavy atom. The summed E-state index contributed by atoms with van der Waals surface area (Å²) in [5.41, 5.74) is 3.38. The Morgan fingerprint density at radius 2 is 2.00 bits per heavy atom. The lowest BCUT2D eigenvalue weighted by Crippen LogP contribution is -2.25. The Bertz CT molecular complexity index is 626. The highest BCUT2D eigenvalue weighted by molar-refractivity contribution is 5.58. The second-order valence-corrected chi connectivity index (χ2v) is 5.31. The third-order valence-corrected chi connectivity index (χ3v) is 3.91. The average Bonchev–Trinajstić information content (AvgIpc) is 2.46. The first-order valence-corrected chi connectivity index (χ1v) is 6.88. The second-order valence-electron chi connectivity index (χ2n) is 5.31. The summed E-state index contributed by atoms with van der Waals surface area (Å²) in [7, 11) is 1.49. The molecule has 0 radical (unpaired) electrons. The van der Waals surface area contributed by atoms with E-state index in [2.05, 4.69) is 24.4 Å². The molecule has 0 aromatic heterocycles. The summed E-state index contributed by atoms with van der Waals surface area (Å²) < 4.78 is 18.9. The van der Waals surface area contributed by atoms with E-state index in [1.54, 1.807) is 12.1 Å². The Hall–Kier alpha value is -2.03. The lowest BCUT2D eigenvalue weighted by Gasteiger charge is -2.31. The lowest BCUT2D eigenvalue weighted by atomic mass is 9.82. The third-order valence-electron chi connectivity index (χ3n) is 3.91. The number of hydrogen-bond donors (Lipinski definition) is 1. The van der Waals surface area contributed by atoms with Crippen molar-refractivity contribution in [3.05, 3.63) is 59.4 Å². The smallest absolute Gasteiger partial charge is 0.165 e. The molecule has 2 aromatic rings. The molecule has 1 aliphatic heterocycles. The van der Waals surface area contributed by atoms with Gasteiger partial charge in [-0.1, -0.05) is 24.3 Å². The predicted molar refractivity (Wildman–Crippen MR) is 78.9 cm³/mol. The second kappa shape index (κ2) is 5.16. The standard InChI is InChI=1S/C17H18FNO/c1-11-9-14(13-5-3-4-6-16(13)19-11)12-7-8-17(20-2)15(18)10-12/h3-8,10-11,14,19H,9H2,1-2H3. The molecule has 0 saturated carbocycles. The van der Waals surface area contributed by atoms with Gasteiger partial charge in [0.2, 0.25) is 0 Å².